The Balaban J connectivity index is 1.43. The van der Waals surface area contributed by atoms with Crippen molar-refractivity contribution in [2.75, 3.05) is 4.90 Å². The molecule has 0 atom stereocenters. The molecule has 0 unspecified atom stereocenters. The van der Waals surface area contributed by atoms with E-state index in [1.165, 1.54) is 10.4 Å². The summed E-state index contributed by atoms with van der Waals surface area (Å²) in [6, 6.07) is 33.9. The third-order valence-corrected chi connectivity index (χ3v) is 6.92. The summed E-state index contributed by atoms with van der Waals surface area (Å²) >= 11 is 1.75. The molecule has 0 radical (unpaired) electrons. The third-order valence-electron chi connectivity index (χ3n) is 5.84. The number of nitrogens with zero attached hydrogens (tertiary/aromatic N) is 1. The first-order chi connectivity index (χ1) is 15.8. The van der Waals surface area contributed by atoms with E-state index < -0.39 is 0 Å². The normalized spacial score (nSPS) is 15.1. The molecule has 4 aromatic rings. The summed E-state index contributed by atoms with van der Waals surface area (Å²) in [5.41, 5.74) is 5.57. The number of rotatable bonds is 5. The summed E-state index contributed by atoms with van der Waals surface area (Å²) < 4.78 is 0. The smallest absolute Gasteiger partial charge is 0.158 e. The van der Waals surface area contributed by atoms with Crippen LogP contribution in [0.2, 0.25) is 0 Å². The van der Waals surface area contributed by atoms with Gasteiger partial charge in [0, 0.05) is 33.2 Å². The van der Waals surface area contributed by atoms with Crippen LogP contribution in [-0.2, 0) is 4.79 Å². The molecule has 158 valence electrons. The fourth-order valence-corrected chi connectivity index (χ4v) is 5.17. The van der Waals surface area contributed by atoms with E-state index in [0.29, 0.717) is 12.2 Å². The van der Waals surface area contributed by atoms with E-state index in [9.17, 15) is 4.79 Å². The largest absolute Gasteiger partial charge is 0.311 e. The number of para-hydroxylation sites is 2. The molecule has 1 aromatic heterocycles. The number of hydrogen-bond donors (Lipinski definition) is 0. The molecule has 0 N–H and O–H groups in total. The van der Waals surface area contributed by atoms with Crippen molar-refractivity contribution < 1.29 is 4.79 Å². The van der Waals surface area contributed by atoms with Gasteiger partial charge in [0.2, 0.25) is 0 Å². The van der Waals surface area contributed by atoms with Crippen LogP contribution in [0.4, 0.5) is 17.1 Å². The average molecular weight is 436 g/mol. The van der Waals surface area contributed by atoms with E-state index in [1.54, 1.807) is 11.3 Å². The lowest BCUT2D eigenvalue weighted by atomic mass is 9.93. The Hall–Kier alpha value is -3.43. The van der Waals surface area contributed by atoms with Gasteiger partial charge in [-0.1, -0.05) is 48.5 Å². The number of carbonyl (C=O) groups excluding carboxylic acids is 1. The zero-order chi connectivity index (χ0) is 21.8. The highest BCUT2D eigenvalue weighted by Gasteiger charge is 2.15. The number of Topliss-reactive ketones (excluding diaryl/α,β-unsaturated/α-hetero) is 1. The quantitative estimate of drug-likeness (QED) is 0.293. The first-order valence-corrected chi connectivity index (χ1v) is 11.9. The standard InChI is InChI=1S/C29H25NOS/c31-28-14-8-7-9-23(28)21-27-19-20-29(32-27)22-15-17-26(18-16-22)30(24-10-3-1-4-11-24)25-12-5-2-6-13-25/h1-6,10-13,15-21H,7-9,14H2. The molecule has 0 aliphatic heterocycles. The van der Waals surface area contributed by atoms with E-state index >= 15 is 0 Å². The van der Waals surface area contributed by atoms with Gasteiger partial charge >= 0.3 is 0 Å². The van der Waals surface area contributed by atoms with Crippen molar-refractivity contribution in [3.8, 4) is 10.4 Å². The lowest BCUT2D eigenvalue weighted by Crippen LogP contribution is -2.09. The van der Waals surface area contributed by atoms with E-state index in [4.69, 9.17) is 0 Å². The van der Waals surface area contributed by atoms with Crippen LogP contribution in [0, 0.1) is 0 Å². The predicted octanol–water partition coefficient (Wildman–Crippen LogP) is 8.41. The van der Waals surface area contributed by atoms with E-state index in [2.05, 4.69) is 95.9 Å². The first kappa shape index (κ1) is 20.5. The second kappa shape index (κ2) is 9.37. The molecule has 1 aliphatic rings. The lowest BCUT2D eigenvalue weighted by molar-refractivity contribution is -0.116. The SMILES string of the molecule is O=C1CCCCC1=Cc1ccc(-c2ccc(N(c3ccccc3)c3ccccc3)cc2)s1. The molecule has 2 nitrogen and oxygen atoms in total. The van der Waals surface area contributed by atoms with Crippen LogP contribution in [0.1, 0.15) is 30.6 Å². The molecule has 1 heterocycles. The van der Waals surface area contributed by atoms with Gasteiger partial charge in [0.15, 0.2) is 5.78 Å². The van der Waals surface area contributed by atoms with Crippen molar-refractivity contribution in [3.05, 3.63) is 108 Å². The van der Waals surface area contributed by atoms with Crippen LogP contribution in [-0.4, -0.2) is 5.78 Å². The second-order valence-electron chi connectivity index (χ2n) is 8.06. The van der Waals surface area contributed by atoms with Crippen molar-refractivity contribution in [1.29, 1.82) is 0 Å². The minimum Gasteiger partial charge on any atom is -0.311 e. The van der Waals surface area contributed by atoms with Crippen LogP contribution >= 0.6 is 11.3 Å². The van der Waals surface area contributed by atoms with Crippen molar-refractivity contribution in [3.63, 3.8) is 0 Å². The molecular formula is C29H25NOS. The van der Waals surface area contributed by atoms with Crippen molar-refractivity contribution in [2.24, 2.45) is 0 Å². The highest BCUT2D eigenvalue weighted by molar-refractivity contribution is 7.16. The highest BCUT2D eigenvalue weighted by atomic mass is 32.1. The van der Waals surface area contributed by atoms with Gasteiger partial charge in [-0.2, -0.15) is 0 Å². The topological polar surface area (TPSA) is 20.3 Å². The summed E-state index contributed by atoms with van der Waals surface area (Å²) in [6.07, 6.45) is 5.86. The Morgan fingerprint density at radius 3 is 1.88 bits per heavy atom. The monoisotopic (exact) mass is 435 g/mol. The maximum Gasteiger partial charge on any atom is 0.158 e. The second-order valence-corrected chi connectivity index (χ2v) is 9.17. The van der Waals surface area contributed by atoms with Gasteiger partial charge in [-0.15, -0.1) is 11.3 Å². The number of thiophene rings is 1. The number of carbonyl (C=O) groups is 1. The van der Waals surface area contributed by atoms with Gasteiger partial charge < -0.3 is 4.90 Å². The van der Waals surface area contributed by atoms with Crippen molar-refractivity contribution >= 4 is 40.3 Å². The molecule has 32 heavy (non-hydrogen) atoms. The molecule has 0 saturated heterocycles. The van der Waals surface area contributed by atoms with Gasteiger partial charge in [0.05, 0.1) is 0 Å². The Morgan fingerprint density at radius 1 is 0.656 bits per heavy atom. The van der Waals surface area contributed by atoms with E-state index in [-0.39, 0.29) is 0 Å². The average Bonchev–Trinajstić information content (AvgIpc) is 3.31. The number of anilines is 3. The molecule has 3 heteroatoms. The Morgan fingerprint density at radius 2 is 1.25 bits per heavy atom. The molecule has 0 spiro atoms. The lowest BCUT2D eigenvalue weighted by Gasteiger charge is -2.25. The summed E-state index contributed by atoms with van der Waals surface area (Å²) in [5.74, 6) is 0.317. The molecule has 1 aliphatic carbocycles. The third kappa shape index (κ3) is 4.44. The molecule has 5 rings (SSSR count). The maximum atomic E-state index is 12.1. The van der Waals surface area contributed by atoms with Crippen LogP contribution in [0.25, 0.3) is 16.5 Å². The Bertz CT molecular complexity index is 1180. The van der Waals surface area contributed by atoms with Gasteiger partial charge in [-0.05, 0) is 85.0 Å². The first-order valence-electron chi connectivity index (χ1n) is 11.1. The Labute approximate surface area is 193 Å². The summed E-state index contributed by atoms with van der Waals surface area (Å²) in [6.45, 7) is 0. The molecule has 1 fully saturated rings. The minimum absolute atomic E-state index is 0.317. The minimum atomic E-state index is 0.317. The Kier molecular flexibility index (Phi) is 6.00. The fraction of sp³-hybridized carbons (Fsp3) is 0.138. The fourth-order valence-electron chi connectivity index (χ4n) is 4.19. The van der Waals surface area contributed by atoms with Crippen LogP contribution in [0.3, 0.4) is 0 Å². The number of hydrogen-bond acceptors (Lipinski definition) is 3. The number of allylic oxidation sites excluding steroid dienone is 1. The number of benzene rings is 3. The van der Waals surface area contributed by atoms with Crippen LogP contribution in [0.5, 0.6) is 0 Å². The maximum absolute atomic E-state index is 12.1. The molecule has 1 saturated carbocycles. The zero-order valence-electron chi connectivity index (χ0n) is 17.9. The van der Waals surface area contributed by atoms with Crippen molar-refractivity contribution in [2.45, 2.75) is 25.7 Å². The van der Waals surface area contributed by atoms with E-state index in [1.807, 2.05) is 12.1 Å². The summed E-state index contributed by atoms with van der Waals surface area (Å²) in [4.78, 5) is 16.8. The van der Waals surface area contributed by atoms with Gasteiger partial charge in [-0.25, -0.2) is 0 Å². The zero-order valence-corrected chi connectivity index (χ0v) is 18.7. The van der Waals surface area contributed by atoms with Crippen LogP contribution in [0.15, 0.2) is 103 Å². The van der Waals surface area contributed by atoms with E-state index in [0.717, 1.165) is 46.8 Å². The molecule has 3 aromatic carbocycles. The molecule has 0 amide bonds. The molecular weight excluding hydrogens is 410 g/mol. The van der Waals surface area contributed by atoms with Crippen LogP contribution < -0.4 is 4.90 Å². The predicted molar refractivity (Wildman–Crippen MR) is 136 cm³/mol. The highest BCUT2D eigenvalue weighted by Crippen LogP contribution is 2.37. The number of ketones is 1. The van der Waals surface area contributed by atoms with Gasteiger partial charge in [0.1, 0.15) is 0 Å². The van der Waals surface area contributed by atoms with Gasteiger partial charge in [-0.3, -0.25) is 4.79 Å². The summed E-state index contributed by atoms with van der Waals surface area (Å²) in [5, 5.41) is 0. The van der Waals surface area contributed by atoms with Gasteiger partial charge in [0.25, 0.3) is 0 Å². The molecule has 0 bridgehead atoms. The summed E-state index contributed by atoms with van der Waals surface area (Å²) in [7, 11) is 0. The van der Waals surface area contributed by atoms with Crippen molar-refractivity contribution in [1.82, 2.24) is 0 Å².